The number of nitrogens with zero attached hydrogens (tertiary/aromatic N) is 2. The van der Waals surface area contributed by atoms with Crippen molar-refractivity contribution in [1.29, 1.82) is 5.26 Å². The van der Waals surface area contributed by atoms with Crippen molar-refractivity contribution in [3.8, 4) is 6.07 Å². The minimum absolute atomic E-state index is 0.0891. The maximum atomic E-state index is 12.8. The summed E-state index contributed by atoms with van der Waals surface area (Å²) < 4.78 is 2.16. The molecule has 0 aliphatic heterocycles. The minimum Gasteiger partial charge on any atom is -0.345 e. The van der Waals surface area contributed by atoms with Crippen LogP contribution < -0.4 is 5.32 Å². The second kappa shape index (κ2) is 9.36. The topological polar surface area (TPSA) is 57.8 Å². The highest BCUT2D eigenvalue weighted by atomic mass is 16.1. The summed E-state index contributed by atoms with van der Waals surface area (Å²) in [5.74, 6) is -0.376. The third kappa shape index (κ3) is 4.63. The molecule has 0 unspecified atom stereocenters. The van der Waals surface area contributed by atoms with Gasteiger partial charge in [-0.2, -0.15) is 5.26 Å². The number of benzene rings is 3. The number of nitriles is 1. The van der Waals surface area contributed by atoms with Crippen LogP contribution in [0, 0.1) is 18.3 Å². The summed E-state index contributed by atoms with van der Waals surface area (Å²) in [6.07, 6.45) is 3.69. The van der Waals surface area contributed by atoms with Crippen molar-refractivity contribution in [1.82, 2.24) is 9.88 Å². The Bertz CT molecular complexity index is 1330. The van der Waals surface area contributed by atoms with Crippen LogP contribution in [0.25, 0.3) is 17.0 Å². The highest BCUT2D eigenvalue weighted by molar-refractivity contribution is 6.04. The van der Waals surface area contributed by atoms with Gasteiger partial charge in [0, 0.05) is 29.2 Å². The van der Waals surface area contributed by atoms with E-state index in [1.807, 2.05) is 61.7 Å². The summed E-state index contributed by atoms with van der Waals surface area (Å²) in [7, 11) is 0. The molecule has 1 N–H and O–H groups in total. The number of carbonyl (C=O) groups excluding carboxylic acids is 1. The van der Waals surface area contributed by atoms with Gasteiger partial charge >= 0.3 is 0 Å². The summed E-state index contributed by atoms with van der Waals surface area (Å²) in [6.45, 7) is 4.71. The van der Waals surface area contributed by atoms with E-state index in [0.29, 0.717) is 0 Å². The second-order valence-corrected chi connectivity index (χ2v) is 7.99. The van der Waals surface area contributed by atoms with Crippen LogP contribution in [0.5, 0.6) is 0 Å². The first-order valence-electron chi connectivity index (χ1n) is 10.7. The molecule has 0 fully saturated rings. The first-order valence-corrected chi connectivity index (χ1v) is 10.7. The molecule has 1 atom stereocenters. The van der Waals surface area contributed by atoms with E-state index < -0.39 is 0 Å². The molecular weight excluding hydrogens is 394 g/mol. The van der Waals surface area contributed by atoms with Crippen LogP contribution in [-0.4, -0.2) is 10.5 Å². The molecule has 1 amide bonds. The molecule has 4 rings (SSSR count). The Balaban J connectivity index is 1.64. The van der Waals surface area contributed by atoms with E-state index >= 15 is 0 Å². The maximum Gasteiger partial charge on any atom is 0.262 e. The van der Waals surface area contributed by atoms with Crippen molar-refractivity contribution < 1.29 is 4.79 Å². The van der Waals surface area contributed by atoms with Crippen molar-refractivity contribution in [2.24, 2.45) is 0 Å². The molecule has 158 valence electrons. The van der Waals surface area contributed by atoms with Crippen LogP contribution in [-0.2, 0) is 11.3 Å². The van der Waals surface area contributed by atoms with Crippen LogP contribution in [0.3, 0.4) is 0 Å². The highest BCUT2D eigenvalue weighted by Gasteiger charge is 2.15. The summed E-state index contributed by atoms with van der Waals surface area (Å²) in [5, 5.41) is 13.6. The van der Waals surface area contributed by atoms with Crippen molar-refractivity contribution in [2.75, 3.05) is 0 Å². The molecule has 4 aromatic rings. The van der Waals surface area contributed by atoms with E-state index in [1.165, 1.54) is 11.1 Å². The predicted molar refractivity (Wildman–Crippen MR) is 129 cm³/mol. The van der Waals surface area contributed by atoms with Gasteiger partial charge in [-0.05, 0) is 37.1 Å². The van der Waals surface area contributed by atoms with Gasteiger partial charge in [-0.15, -0.1) is 0 Å². The van der Waals surface area contributed by atoms with E-state index in [9.17, 15) is 10.1 Å². The number of hydrogen-bond acceptors (Lipinski definition) is 2. The van der Waals surface area contributed by atoms with E-state index in [4.69, 9.17) is 0 Å². The van der Waals surface area contributed by atoms with Gasteiger partial charge in [-0.25, -0.2) is 0 Å². The third-order valence-corrected chi connectivity index (χ3v) is 5.57. The number of aromatic nitrogens is 1. The third-order valence-electron chi connectivity index (χ3n) is 5.57. The molecular formula is C28H25N3O. The Morgan fingerprint density at radius 2 is 1.81 bits per heavy atom. The Labute approximate surface area is 188 Å². The Hall–Kier alpha value is -4.10. The van der Waals surface area contributed by atoms with Crippen molar-refractivity contribution in [3.05, 3.63) is 113 Å². The largest absolute Gasteiger partial charge is 0.345 e. The van der Waals surface area contributed by atoms with E-state index in [-0.39, 0.29) is 17.5 Å². The van der Waals surface area contributed by atoms with Gasteiger partial charge in [0.25, 0.3) is 5.91 Å². The van der Waals surface area contributed by atoms with Crippen LogP contribution in [0.2, 0.25) is 0 Å². The Morgan fingerprint density at radius 3 is 2.56 bits per heavy atom. The Morgan fingerprint density at radius 1 is 1.06 bits per heavy atom. The standard InChI is InChI=1S/C28H25N3O/c1-20-9-8-10-22(15-20)18-31-19-25(26-13-6-7-14-27(26)31)16-24(17-29)28(32)30-21(2)23-11-4-3-5-12-23/h3-16,19,21H,18H2,1-2H3,(H,30,32)/b24-16+/t21-/m1/s1. The number of carbonyl (C=O) groups is 1. The lowest BCUT2D eigenvalue weighted by Gasteiger charge is -2.13. The molecule has 3 aromatic carbocycles. The van der Waals surface area contributed by atoms with E-state index in [0.717, 1.165) is 28.6 Å². The van der Waals surface area contributed by atoms with Crippen molar-refractivity contribution in [2.45, 2.75) is 26.4 Å². The van der Waals surface area contributed by atoms with Crippen LogP contribution >= 0.6 is 0 Å². The van der Waals surface area contributed by atoms with Crippen molar-refractivity contribution in [3.63, 3.8) is 0 Å². The monoisotopic (exact) mass is 419 g/mol. The summed E-state index contributed by atoms with van der Waals surface area (Å²) in [6, 6.07) is 28.1. The molecule has 4 nitrogen and oxygen atoms in total. The van der Waals surface area contributed by atoms with Gasteiger partial charge in [0.05, 0.1) is 6.04 Å². The molecule has 0 radical (unpaired) electrons. The fourth-order valence-corrected chi connectivity index (χ4v) is 3.93. The lowest BCUT2D eigenvalue weighted by Crippen LogP contribution is -2.27. The van der Waals surface area contributed by atoms with Crippen LogP contribution in [0.4, 0.5) is 0 Å². The molecule has 32 heavy (non-hydrogen) atoms. The van der Waals surface area contributed by atoms with E-state index in [1.54, 1.807) is 6.08 Å². The second-order valence-electron chi connectivity index (χ2n) is 7.99. The first-order chi connectivity index (χ1) is 15.5. The molecule has 1 heterocycles. The van der Waals surface area contributed by atoms with E-state index in [2.05, 4.69) is 53.2 Å². The molecule has 4 heteroatoms. The number of hydrogen-bond donors (Lipinski definition) is 1. The average molecular weight is 420 g/mol. The molecule has 0 aliphatic rings. The Kier molecular flexibility index (Phi) is 6.19. The zero-order chi connectivity index (χ0) is 22.5. The number of aryl methyl sites for hydroxylation is 1. The lowest BCUT2D eigenvalue weighted by atomic mass is 10.1. The molecule has 0 bridgehead atoms. The zero-order valence-electron chi connectivity index (χ0n) is 18.2. The van der Waals surface area contributed by atoms with Gasteiger partial charge in [-0.1, -0.05) is 78.4 Å². The average Bonchev–Trinajstić information content (AvgIpc) is 3.15. The fraction of sp³-hybridized carbons (Fsp3) is 0.143. The minimum atomic E-state index is -0.376. The number of amides is 1. The molecule has 0 saturated carbocycles. The fourth-order valence-electron chi connectivity index (χ4n) is 3.93. The zero-order valence-corrected chi connectivity index (χ0v) is 18.2. The molecule has 1 aromatic heterocycles. The first kappa shape index (κ1) is 21.1. The SMILES string of the molecule is Cc1cccc(Cn2cc(/C=C(\C#N)C(=O)N[C@H](C)c3ccccc3)c3ccccc32)c1. The summed E-state index contributed by atoms with van der Waals surface area (Å²) in [4.78, 5) is 12.8. The molecule has 0 aliphatic carbocycles. The molecule has 0 spiro atoms. The number of nitrogens with one attached hydrogen (secondary N) is 1. The normalized spacial score (nSPS) is 12.3. The van der Waals surface area contributed by atoms with Gasteiger partial charge in [0.15, 0.2) is 0 Å². The summed E-state index contributed by atoms with van der Waals surface area (Å²) >= 11 is 0. The van der Waals surface area contributed by atoms with Crippen LogP contribution in [0.1, 0.15) is 35.2 Å². The van der Waals surface area contributed by atoms with Gasteiger partial charge < -0.3 is 9.88 Å². The number of rotatable bonds is 6. The predicted octanol–water partition coefficient (Wildman–Crippen LogP) is 5.78. The number of fused-ring (bicyclic) bond motifs is 1. The maximum absolute atomic E-state index is 12.8. The lowest BCUT2D eigenvalue weighted by molar-refractivity contribution is -0.117. The molecule has 0 saturated heterocycles. The van der Waals surface area contributed by atoms with Crippen LogP contribution in [0.15, 0.2) is 90.6 Å². The quantitative estimate of drug-likeness (QED) is 0.318. The highest BCUT2D eigenvalue weighted by Crippen LogP contribution is 2.25. The summed E-state index contributed by atoms with van der Waals surface area (Å²) in [5.41, 5.74) is 5.42. The van der Waals surface area contributed by atoms with Crippen molar-refractivity contribution >= 4 is 22.9 Å². The number of para-hydroxylation sites is 1. The smallest absolute Gasteiger partial charge is 0.262 e. The van der Waals surface area contributed by atoms with Gasteiger partial charge in [0.1, 0.15) is 11.6 Å². The van der Waals surface area contributed by atoms with Gasteiger partial charge in [0.2, 0.25) is 0 Å². The van der Waals surface area contributed by atoms with Gasteiger partial charge in [-0.3, -0.25) is 4.79 Å².